The molecular formula is C16H16F3N3O4S. The molecule has 0 atom stereocenters. The number of para-hydroxylation sites is 1. The Morgan fingerprint density at radius 3 is 2.67 bits per heavy atom. The number of nitrogens with one attached hydrogen (secondary N) is 2. The summed E-state index contributed by atoms with van der Waals surface area (Å²) in [5.41, 5.74) is -2.23. The van der Waals surface area contributed by atoms with E-state index in [1.54, 1.807) is 0 Å². The molecular weight excluding hydrogens is 387 g/mol. The van der Waals surface area contributed by atoms with E-state index in [-0.39, 0.29) is 22.0 Å². The third-order valence-electron chi connectivity index (χ3n) is 4.00. The van der Waals surface area contributed by atoms with Gasteiger partial charge < -0.3 is 19.7 Å². The molecule has 0 bridgehead atoms. The van der Waals surface area contributed by atoms with E-state index in [1.165, 1.54) is 24.1 Å². The molecule has 1 amide bonds. The Kier molecular flexibility index (Phi) is 5.42. The first-order valence-electron chi connectivity index (χ1n) is 7.92. The van der Waals surface area contributed by atoms with Crippen LogP contribution in [0, 0.1) is 0 Å². The fourth-order valence-electron chi connectivity index (χ4n) is 2.69. The van der Waals surface area contributed by atoms with E-state index in [1.807, 2.05) is 0 Å². The molecule has 1 aliphatic rings. The number of ether oxygens (including phenoxy) is 2. The standard InChI is InChI=1S/C16H16F3N3O4S/c1-25-10-4-2-3-9(16(17,18)19)12(10)20-14-11(13(23)21-27-14)15(24)22-5-7-26-8-6-22/h2-4,20H,5-8H2,1H3,(H,21,23). The van der Waals surface area contributed by atoms with Gasteiger partial charge in [0.15, 0.2) is 0 Å². The molecule has 0 radical (unpaired) electrons. The van der Waals surface area contributed by atoms with E-state index < -0.39 is 23.2 Å². The number of methoxy groups -OCH3 is 1. The zero-order valence-corrected chi connectivity index (χ0v) is 15.0. The topological polar surface area (TPSA) is 83.7 Å². The number of rotatable bonds is 4. The van der Waals surface area contributed by atoms with E-state index >= 15 is 0 Å². The van der Waals surface area contributed by atoms with Crippen LogP contribution in [0.15, 0.2) is 23.0 Å². The van der Waals surface area contributed by atoms with Crippen molar-refractivity contribution >= 4 is 28.1 Å². The summed E-state index contributed by atoms with van der Waals surface area (Å²) in [4.78, 5) is 26.3. The zero-order valence-electron chi connectivity index (χ0n) is 14.2. The highest BCUT2D eigenvalue weighted by Crippen LogP contribution is 2.41. The summed E-state index contributed by atoms with van der Waals surface area (Å²) < 4.78 is 52.7. The second-order valence-electron chi connectivity index (χ2n) is 5.65. The SMILES string of the molecule is COc1cccc(C(F)(F)F)c1Nc1s[nH]c(=O)c1C(=O)N1CCOCC1. The number of benzene rings is 1. The fourth-order valence-corrected chi connectivity index (χ4v) is 3.42. The van der Waals surface area contributed by atoms with Gasteiger partial charge in [0.05, 0.1) is 31.6 Å². The Morgan fingerprint density at radius 2 is 2.04 bits per heavy atom. The van der Waals surface area contributed by atoms with Crippen LogP contribution < -0.4 is 15.6 Å². The number of H-pyrrole nitrogens is 1. The minimum Gasteiger partial charge on any atom is -0.495 e. The molecule has 3 rings (SSSR count). The number of carbonyl (C=O) groups is 1. The Balaban J connectivity index is 2.01. The van der Waals surface area contributed by atoms with Gasteiger partial charge in [0, 0.05) is 13.1 Å². The molecule has 7 nitrogen and oxygen atoms in total. The van der Waals surface area contributed by atoms with Crippen LogP contribution in [0.5, 0.6) is 5.75 Å². The van der Waals surface area contributed by atoms with Crippen LogP contribution in [0.4, 0.5) is 23.9 Å². The Labute approximate surface area is 155 Å². The van der Waals surface area contributed by atoms with Crippen molar-refractivity contribution in [3.63, 3.8) is 0 Å². The Hall–Kier alpha value is -2.53. The molecule has 1 aromatic heterocycles. The van der Waals surface area contributed by atoms with Gasteiger partial charge in [0.25, 0.3) is 11.5 Å². The number of anilines is 2. The molecule has 1 fully saturated rings. The summed E-state index contributed by atoms with van der Waals surface area (Å²) >= 11 is 0.752. The summed E-state index contributed by atoms with van der Waals surface area (Å²) in [6.45, 7) is 1.27. The highest BCUT2D eigenvalue weighted by Gasteiger charge is 2.36. The van der Waals surface area contributed by atoms with Gasteiger partial charge in [-0.15, -0.1) is 0 Å². The van der Waals surface area contributed by atoms with Gasteiger partial charge in [0.2, 0.25) is 0 Å². The molecule has 11 heteroatoms. The van der Waals surface area contributed by atoms with Crippen molar-refractivity contribution in [3.8, 4) is 5.75 Å². The first-order chi connectivity index (χ1) is 12.8. The number of morpholine rings is 1. The van der Waals surface area contributed by atoms with Gasteiger partial charge in [-0.25, -0.2) is 0 Å². The van der Waals surface area contributed by atoms with Crippen LogP contribution in [0.3, 0.4) is 0 Å². The number of aromatic amines is 1. The van der Waals surface area contributed by atoms with Crippen LogP contribution in [-0.4, -0.2) is 48.6 Å². The lowest BCUT2D eigenvalue weighted by Gasteiger charge is -2.26. The van der Waals surface area contributed by atoms with E-state index in [0.29, 0.717) is 26.3 Å². The summed E-state index contributed by atoms with van der Waals surface area (Å²) in [6.07, 6.45) is -4.65. The fraction of sp³-hybridized carbons (Fsp3) is 0.375. The van der Waals surface area contributed by atoms with E-state index in [9.17, 15) is 22.8 Å². The monoisotopic (exact) mass is 403 g/mol. The predicted molar refractivity (Wildman–Crippen MR) is 92.9 cm³/mol. The number of hydrogen-bond donors (Lipinski definition) is 2. The third-order valence-corrected chi connectivity index (χ3v) is 4.80. The molecule has 27 heavy (non-hydrogen) atoms. The molecule has 0 saturated carbocycles. The van der Waals surface area contributed by atoms with Gasteiger partial charge in [-0.1, -0.05) is 6.07 Å². The van der Waals surface area contributed by atoms with Gasteiger partial charge in [-0.05, 0) is 23.7 Å². The number of amides is 1. The second kappa shape index (κ2) is 7.61. The Bertz CT molecular complexity index is 888. The molecule has 0 unspecified atom stereocenters. The first-order valence-corrected chi connectivity index (χ1v) is 8.74. The van der Waals surface area contributed by atoms with Crippen molar-refractivity contribution in [3.05, 3.63) is 39.7 Å². The molecule has 2 aromatic rings. The lowest BCUT2D eigenvalue weighted by molar-refractivity contribution is -0.137. The summed E-state index contributed by atoms with van der Waals surface area (Å²) in [6, 6.07) is 3.46. The highest BCUT2D eigenvalue weighted by molar-refractivity contribution is 7.10. The van der Waals surface area contributed by atoms with Crippen LogP contribution in [0.1, 0.15) is 15.9 Å². The normalized spacial score (nSPS) is 14.9. The number of nitrogens with zero attached hydrogens (tertiary/aromatic N) is 1. The number of hydrogen-bond acceptors (Lipinski definition) is 6. The second-order valence-corrected chi connectivity index (χ2v) is 6.46. The van der Waals surface area contributed by atoms with E-state index in [2.05, 4.69) is 9.69 Å². The molecule has 146 valence electrons. The molecule has 1 aromatic carbocycles. The van der Waals surface area contributed by atoms with Gasteiger partial charge in [-0.2, -0.15) is 13.2 Å². The maximum absolute atomic E-state index is 13.4. The molecule has 0 spiro atoms. The smallest absolute Gasteiger partial charge is 0.418 e. The van der Waals surface area contributed by atoms with Crippen LogP contribution >= 0.6 is 11.5 Å². The average Bonchev–Trinajstić information content (AvgIpc) is 3.01. The highest BCUT2D eigenvalue weighted by atomic mass is 32.1. The van der Waals surface area contributed by atoms with Crippen molar-refractivity contribution in [2.24, 2.45) is 0 Å². The van der Waals surface area contributed by atoms with E-state index in [4.69, 9.17) is 9.47 Å². The van der Waals surface area contributed by atoms with Crippen molar-refractivity contribution in [2.75, 3.05) is 38.7 Å². The molecule has 1 saturated heterocycles. The van der Waals surface area contributed by atoms with Crippen LogP contribution in [-0.2, 0) is 10.9 Å². The van der Waals surface area contributed by atoms with Crippen molar-refractivity contribution < 1.29 is 27.4 Å². The van der Waals surface area contributed by atoms with Gasteiger partial charge in [0.1, 0.15) is 16.3 Å². The van der Waals surface area contributed by atoms with Crippen molar-refractivity contribution in [1.82, 2.24) is 9.27 Å². The first kappa shape index (κ1) is 19.2. The lowest BCUT2D eigenvalue weighted by Crippen LogP contribution is -2.42. The van der Waals surface area contributed by atoms with Gasteiger partial charge in [-0.3, -0.25) is 14.0 Å². The summed E-state index contributed by atoms with van der Waals surface area (Å²) in [7, 11) is 1.24. The van der Waals surface area contributed by atoms with Gasteiger partial charge >= 0.3 is 6.18 Å². The minimum atomic E-state index is -4.65. The summed E-state index contributed by atoms with van der Waals surface area (Å²) in [5, 5.41) is 2.56. The predicted octanol–water partition coefficient (Wildman–Crippen LogP) is 2.68. The lowest BCUT2D eigenvalue weighted by atomic mass is 10.1. The molecule has 1 aliphatic heterocycles. The van der Waals surface area contributed by atoms with Crippen molar-refractivity contribution in [1.29, 1.82) is 0 Å². The number of alkyl halides is 3. The minimum absolute atomic E-state index is 0.00788. The zero-order chi connectivity index (χ0) is 19.6. The number of aromatic nitrogens is 1. The number of halogens is 3. The van der Waals surface area contributed by atoms with E-state index in [0.717, 1.165) is 17.6 Å². The largest absolute Gasteiger partial charge is 0.495 e. The van der Waals surface area contributed by atoms with Crippen molar-refractivity contribution in [2.45, 2.75) is 6.18 Å². The maximum atomic E-state index is 13.4. The number of carbonyl (C=O) groups excluding carboxylic acids is 1. The maximum Gasteiger partial charge on any atom is 0.418 e. The van der Waals surface area contributed by atoms with Crippen LogP contribution in [0.25, 0.3) is 0 Å². The molecule has 0 aliphatic carbocycles. The average molecular weight is 403 g/mol. The molecule has 2 heterocycles. The third kappa shape index (κ3) is 3.93. The Morgan fingerprint density at radius 1 is 1.33 bits per heavy atom. The quantitative estimate of drug-likeness (QED) is 0.820. The van der Waals surface area contributed by atoms with Crippen LogP contribution in [0.2, 0.25) is 0 Å². The summed E-state index contributed by atoms with van der Waals surface area (Å²) in [5.74, 6) is -0.623. The molecule has 2 N–H and O–H groups in total.